The Balaban J connectivity index is 1.39. The van der Waals surface area contributed by atoms with Gasteiger partial charge in [-0.05, 0) is 76.7 Å². The van der Waals surface area contributed by atoms with Crippen molar-refractivity contribution in [2.24, 2.45) is 17.8 Å². The second-order valence-corrected chi connectivity index (χ2v) is 8.33. The van der Waals surface area contributed by atoms with Crippen LogP contribution in [0.2, 0.25) is 0 Å². The number of rotatable bonds is 5. The summed E-state index contributed by atoms with van der Waals surface area (Å²) in [4.78, 5) is 21.4. The molecule has 2 saturated carbocycles. The third-order valence-corrected chi connectivity index (χ3v) is 6.58. The van der Waals surface area contributed by atoms with Crippen molar-refractivity contribution in [2.45, 2.75) is 72.3 Å². The molecule has 2 aromatic rings. The molecule has 4 unspecified atom stereocenters. The van der Waals surface area contributed by atoms with Crippen molar-refractivity contribution in [1.29, 1.82) is 0 Å². The fourth-order valence-corrected chi connectivity index (χ4v) is 5.25. The van der Waals surface area contributed by atoms with Gasteiger partial charge in [0.25, 0.3) is 5.78 Å². The van der Waals surface area contributed by atoms with Crippen molar-refractivity contribution in [3.63, 3.8) is 0 Å². The summed E-state index contributed by atoms with van der Waals surface area (Å²) in [5.74, 6) is 3.93. The van der Waals surface area contributed by atoms with Crippen LogP contribution in [0.15, 0.2) is 0 Å². The van der Waals surface area contributed by atoms with Crippen LogP contribution in [0.5, 0.6) is 0 Å². The van der Waals surface area contributed by atoms with Crippen molar-refractivity contribution in [1.82, 2.24) is 24.9 Å². The molecule has 26 heavy (non-hydrogen) atoms. The Bertz CT molecular complexity index is 842. The first-order valence-corrected chi connectivity index (χ1v) is 9.91. The van der Waals surface area contributed by atoms with Crippen molar-refractivity contribution < 1.29 is 4.79 Å². The molecule has 0 radical (unpaired) electrons. The van der Waals surface area contributed by atoms with Crippen LogP contribution in [0.4, 0.5) is 0 Å². The molecule has 2 aliphatic rings. The molecule has 1 N–H and O–H groups in total. The van der Waals surface area contributed by atoms with E-state index in [2.05, 4.69) is 27.3 Å². The molecule has 2 aromatic heterocycles. The maximum Gasteiger partial charge on any atom is 0.252 e. The monoisotopic (exact) mass is 355 g/mol. The van der Waals surface area contributed by atoms with Crippen LogP contribution < -0.4 is 5.32 Å². The van der Waals surface area contributed by atoms with Crippen molar-refractivity contribution in [3.8, 4) is 0 Å². The lowest BCUT2D eigenvalue weighted by atomic mass is 9.84. The van der Waals surface area contributed by atoms with E-state index in [0.717, 1.165) is 34.6 Å². The molecule has 0 aliphatic heterocycles. The highest BCUT2D eigenvalue weighted by Crippen LogP contribution is 2.49. The van der Waals surface area contributed by atoms with Crippen LogP contribution in [-0.2, 0) is 11.2 Å². The number of nitrogens with one attached hydrogen (secondary N) is 1. The molecule has 0 aromatic carbocycles. The molecule has 2 heterocycles. The van der Waals surface area contributed by atoms with Gasteiger partial charge < -0.3 is 5.32 Å². The third kappa shape index (κ3) is 3.10. The zero-order valence-corrected chi connectivity index (χ0v) is 16.2. The number of carbonyl (C=O) groups excluding carboxylic acids is 1. The summed E-state index contributed by atoms with van der Waals surface area (Å²) in [5.41, 5.74) is 3.07. The molecule has 1 amide bonds. The number of carbonyl (C=O) groups is 1. The Morgan fingerprint density at radius 1 is 1.23 bits per heavy atom. The van der Waals surface area contributed by atoms with Crippen molar-refractivity contribution in [2.75, 3.05) is 0 Å². The first-order valence-electron chi connectivity index (χ1n) is 9.91. The fraction of sp³-hybridized carbons (Fsp3) is 0.700. The van der Waals surface area contributed by atoms with Gasteiger partial charge in [0.05, 0.1) is 0 Å². The summed E-state index contributed by atoms with van der Waals surface area (Å²) in [5, 5.41) is 7.67. The molecular formula is C20H29N5O. The number of aryl methyl sites for hydroxylation is 3. The SMILES string of the molecule is Cc1nc2nc(C)c(CCC(=O)NC(C)C3CC4CCC3C4)c(C)n2n1. The number of amides is 1. The van der Waals surface area contributed by atoms with Gasteiger partial charge in [0.1, 0.15) is 5.82 Å². The number of hydrogen-bond acceptors (Lipinski definition) is 4. The largest absolute Gasteiger partial charge is 0.353 e. The van der Waals surface area contributed by atoms with E-state index in [4.69, 9.17) is 0 Å². The van der Waals surface area contributed by atoms with Gasteiger partial charge >= 0.3 is 0 Å². The first kappa shape index (κ1) is 17.4. The predicted molar refractivity (Wildman–Crippen MR) is 99.9 cm³/mol. The first-order chi connectivity index (χ1) is 12.4. The van der Waals surface area contributed by atoms with E-state index in [1.54, 1.807) is 4.52 Å². The third-order valence-electron chi connectivity index (χ3n) is 6.58. The van der Waals surface area contributed by atoms with Gasteiger partial charge in [0, 0.05) is 23.9 Å². The maximum absolute atomic E-state index is 12.5. The summed E-state index contributed by atoms with van der Waals surface area (Å²) in [6, 6.07) is 0.290. The summed E-state index contributed by atoms with van der Waals surface area (Å²) in [6.45, 7) is 8.07. The van der Waals surface area contributed by atoms with E-state index in [-0.39, 0.29) is 5.91 Å². The Hall–Kier alpha value is -1.98. The molecule has 6 heteroatoms. The highest BCUT2D eigenvalue weighted by Gasteiger charge is 2.42. The topological polar surface area (TPSA) is 72.2 Å². The number of fused-ring (bicyclic) bond motifs is 3. The van der Waals surface area contributed by atoms with E-state index in [1.165, 1.54) is 25.7 Å². The van der Waals surface area contributed by atoms with E-state index in [1.807, 2.05) is 20.8 Å². The van der Waals surface area contributed by atoms with Crippen molar-refractivity contribution in [3.05, 3.63) is 22.8 Å². The quantitative estimate of drug-likeness (QED) is 0.895. The second-order valence-electron chi connectivity index (χ2n) is 8.33. The highest BCUT2D eigenvalue weighted by molar-refractivity contribution is 5.76. The van der Waals surface area contributed by atoms with E-state index < -0.39 is 0 Å². The minimum absolute atomic E-state index is 0.147. The van der Waals surface area contributed by atoms with Crippen LogP contribution in [0.1, 0.15) is 61.8 Å². The van der Waals surface area contributed by atoms with Crippen LogP contribution in [-0.4, -0.2) is 31.5 Å². The minimum Gasteiger partial charge on any atom is -0.353 e. The molecule has 4 atom stereocenters. The van der Waals surface area contributed by atoms with Crippen LogP contribution in [0.3, 0.4) is 0 Å². The van der Waals surface area contributed by atoms with E-state index in [0.29, 0.717) is 30.6 Å². The van der Waals surface area contributed by atoms with Gasteiger partial charge in [-0.2, -0.15) is 10.1 Å². The second kappa shape index (κ2) is 6.63. The van der Waals surface area contributed by atoms with Gasteiger partial charge in [-0.1, -0.05) is 6.42 Å². The molecular weight excluding hydrogens is 326 g/mol. The molecule has 6 nitrogen and oxygen atoms in total. The molecule has 0 saturated heterocycles. The lowest BCUT2D eigenvalue weighted by Crippen LogP contribution is -2.40. The number of nitrogens with zero attached hydrogens (tertiary/aromatic N) is 4. The lowest BCUT2D eigenvalue weighted by Gasteiger charge is -2.28. The zero-order valence-electron chi connectivity index (χ0n) is 16.2. The van der Waals surface area contributed by atoms with Gasteiger partial charge in [-0.15, -0.1) is 0 Å². The normalized spacial score (nSPS) is 25.8. The van der Waals surface area contributed by atoms with Gasteiger partial charge in [0.15, 0.2) is 0 Å². The Labute approximate surface area is 154 Å². The Morgan fingerprint density at radius 3 is 2.73 bits per heavy atom. The number of aromatic nitrogens is 4. The molecule has 2 aliphatic carbocycles. The van der Waals surface area contributed by atoms with Gasteiger partial charge in [-0.25, -0.2) is 9.50 Å². The lowest BCUT2D eigenvalue weighted by molar-refractivity contribution is -0.122. The molecule has 2 fully saturated rings. The van der Waals surface area contributed by atoms with Crippen LogP contribution in [0, 0.1) is 38.5 Å². The molecule has 140 valence electrons. The van der Waals surface area contributed by atoms with Crippen LogP contribution >= 0.6 is 0 Å². The number of hydrogen-bond donors (Lipinski definition) is 1. The minimum atomic E-state index is 0.147. The molecule has 2 bridgehead atoms. The molecule has 0 spiro atoms. The van der Waals surface area contributed by atoms with Gasteiger partial charge in [0.2, 0.25) is 5.91 Å². The fourth-order valence-electron chi connectivity index (χ4n) is 5.25. The highest BCUT2D eigenvalue weighted by atomic mass is 16.1. The molecule has 4 rings (SSSR count). The average molecular weight is 355 g/mol. The smallest absolute Gasteiger partial charge is 0.252 e. The summed E-state index contributed by atoms with van der Waals surface area (Å²) < 4.78 is 1.79. The summed E-state index contributed by atoms with van der Waals surface area (Å²) in [6.07, 6.45) is 6.62. The Kier molecular flexibility index (Phi) is 4.45. The van der Waals surface area contributed by atoms with Crippen LogP contribution in [0.25, 0.3) is 5.78 Å². The average Bonchev–Trinajstić information content (AvgIpc) is 3.29. The predicted octanol–water partition coefficient (Wildman–Crippen LogP) is 2.92. The maximum atomic E-state index is 12.5. The van der Waals surface area contributed by atoms with E-state index in [9.17, 15) is 4.79 Å². The van der Waals surface area contributed by atoms with E-state index >= 15 is 0 Å². The van der Waals surface area contributed by atoms with Crippen molar-refractivity contribution >= 4 is 11.7 Å². The zero-order chi connectivity index (χ0) is 18.4. The summed E-state index contributed by atoms with van der Waals surface area (Å²) in [7, 11) is 0. The Morgan fingerprint density at radius 2 is 2.04 bits per heavy atom. The summed E-state index contributed by atoms with van der Waals surface area (Å²) >= 11 is 0. The standard InChI is InChI=1S/C20H29N5O/c1-11-17(13(3)25-20(22-11)23-14(4)24-25)7-8-19(26)21-12(2)18-10-15-5-6-16(18)9-15/h12,15-16,18H,5-10H2,1-4H3,(H,21,26). The van der Waals surface area contributed by atoms with Gasteiger partial charge in [-0.3, -0.25) is 4.79 Å².